The van der Waals surface area contributed by atoms with Crippen LogP contribution in [0.5, 0.6) is 0 Å². The Labute approximate surface area is 89.6 Å². The summed E-state index contributed by atoms with van der Waals surface area (Å²) >= 11 is 0. The molecule has 1 amide bonds. The summed E-state index contributed by atoms with van der Waals surface area (Å²) in [5.41, 5.74) is 0. The van der Waals surface area contributed by atoms with Crippen molar-refractivity contribution in [1.29, 1.82) is 5.26 Å². The molecule has 2 atom stereocenters. The van der Waals surface area contributed by atoms with Crippen LogP contribution in [0.1, 0.15) is 13.8 Å². The predicted octanol–water partition coefficient (Wildman–Crippen LogP) is 0.414. The van der Waals surface area contributed by atoms with Gasteiger partial charge in [0.1, 0.15) is 5.92 Å². The van der Waals surface area contributed by atoms with Crippen LogP contribution in [0.2, 0.25) is 0 Å². The first kappa shape index (κ1) is 13.4. The molecule has 2 unspecified atom stereocenters. The number of nitrogens with zero attached hydrogens (tertiary/aromatic N) is 2. The number of amides is 1. The van der Waals surface area contributed by atoms with Crippen molar-refractivity contribution in [3.63, 3.8) is 0 Å². The maximum absolute atomic E-state index is 11.5. The van der Waals surface area contributed by atoms with Crippen molar-refractivity contribution in [3.05, 3.63) is 0 Å². The zero-order chi connectivity index (χ0) is 12.0. The number of rotatable bonds is 4. The Morgan fingerprint density at radius 3 is 2.40 bits per heavy atom. The van der Waals surface area contributed by atoms with Gasteiger partial charge in [0.15, 0.2) is 0 Å². The van der Waals surface area contributed by atoms with Crippen LogP contribution in [0, 0.1) is 23.2 Å². The molecule has 0 fully saturated rings. The zero-order valence-corrected chi connectivity index (χ0v) is 9.48. The maximum atomic E-state index is 11.5. The van der Waals surface area contributed by atoms with Crippen LogP contribution in [-0.2, 0) is 14.3 Å². The monoisotopic (exact) mass is 212 g/mol. The van der Waals surface area contributed by atoms with Gasteiger partial charge in [-0.15, -0.1) is 0 Å². The fraction of sp³-hybridized carbons (Fsp3) is 0.700. The number of carbonyl (C=O) groups is 2. The molecule has 0 saturated carbocycles. The summed E-state index contributed by atoms with van der Waals surface area (Å²) < 4.78 is 4.54. The van der Waals surface area contributed by atoms with Gasteiger partial charge in [0, 0.05) is 13.6 Å². The first-order chi connectivity index (χ1) is 6.93. The number of ether oxygens (including phenoxy) is 1. The van der Waals surface area contributed by atoms with Gasteiger partial charge in [-0.1, -0.05) is 6.92 Å². The highest BCUT2D eigenvalue weighted by molar-refractivity contribution is 5.81. The predicted molar refractivity (Wildman–Crippen MR) is 53.6 cm³/mol. The molecule has 5 heteroatoms. The highest BCUT2D eigenvalue weighted by Crippen LogP contribution is 2.04. The quantitative estimate of drug-likeness (QED) is 0.633. The minimum atomic E-state index is -0.681. The Bertz CT molecular complexity index is 283. The molecule has 0 aliphatic carbocycles. The van der Waals surface area contributed by atoms with Crippen molar-refractivity contribution < 1.29 is 14.3 Å². The Kier molecular flexibility index (Phi) is 5.39. The first-order valence-corrected chi connectivity index (χ1v) is 4.66. The molecule has 0 heterocycles. The second kappa shape index (κ2) is 6.02. The minimum Gasteiger partial charge on any atom is -0.469 e. The minimum absolute atomic E-state index is 0.261. The standard InChI is InChI=1S/C10H16N2O3/c1-7(5-11)9(13)12(3)6-8(2)10(14)15-4/h7-8H,6H2,1-4H3. The molecule has 0 aliphatic rings. The fourth-order valence-electron chi connectivity index (χ4n) is 1.16. The van der Waals surface area contributed by atoms with Crippen molar-refractivity contribution in [2.45, 2.75) is 13.8 Å². The zero-order valence-electron chi connectivity index (χ0n) is 9.48. The van der Waals surface area contributed by atoms with E-state index in [1.54, 1.807) is 14.0 Å². The van der Waals surface area contributed by atoms with Crippen molar-refractivity contribution >= 4 is 11.9 Å². The summed E-state index contributed by atoms with van der Waals surface area (Å²) in [5, 5.41) is 8.55. The highest BCUT2D eigenvalue weighted by atomic mass is 16.5. The lowest BCUT2D eigenvalue weighted by Gasteiger charge is -2.21. The summed E-state index contributed by atoms with van der Waals surface area (Å²) in [6.07, 6.45) is 0. The van der Waals surface area contributed by atoms with Gasteiger partial charge in [-0.25, -0.2) is 0 Å². The summed E-state index contributed by atoms with van der Waals surface area (Å²) in [6, 6.07) is 1.85. The van der Waals surface area contributed by atoms with Gasteiger partial charge in [0.2, 0.25) is 5.91 Å². The number of nitriles is 1. The number of hydrogen-bond donors (Lipinski definition) is 0. The van der Waals surface area contributed by atoms with E-state index in [1.165, 1.54) is 18.9 Å². The lowest BCUT2D eigenvalue weighted by molar-refractivity contribution is -0.146. The molecule has 0 spiro atoms. The van der Waals surface area contributed by atoms with E-state index in [0.29, 0.717) is 0 Å². The van der Waals surface area contributed by atoms with Crippen LogP contribution in [0.3, 0.4) is 0 Å². The van der Waals surface area contributed by atoms with E-state index in [0.717, 1.165) is 0 Å². The number of hydrogen-bond acceptors (Lipinski definition) is 4. The summed E-state index contributed by atoms with van der Waals surface area (Å²) in [5.74, 6) is -1.71. The largest absolute Gasteiger partial charge is 0.469 e. The van der Waals surface area contributed by atoms with Crippen molar-refractivity contribution in [3.8, 4) is 6.07 Å². The number of methoxy groups -OCH3 is 1. The Balaban J connectivity index is 4.26. The number of esters is 1. The summed E-state index contributed by atoms with van der Waals surface area (Å²) in [4.78, 5) is 23.9. The van der Waals surface area contributed by atoms with Crippen LogP contribution in [0.25, 0.3) is 0 Å². The fourth-order valence-corrected chi connectivity index (χ4v) is 1.16. The smallest absolute Gasteiger partial charge is 0.310 e. The van der Waals surface area contributed by atoms with Crippen LogP contribution in [-0.4, -0.2) is 37.5 Å². The van der Waals surface area contributed by atoms with Gasteiger partial charge in [-0.2, -0.15) is 5.26 Å². The van der Waals surface area contributed by atoms with Gasteiger partial charge >= 0.3 is 5.97 Å². The Hall–Kier alpha value is -1.57. The second-order valence-corrected chi connectivity index (χ2v) is 3.49. The molecule has 0 aromatic rings. The highest BCUT2D eigenvalue weighted by Gasteiger charge is 2.21. The third-order valence-corrected chi connectivity index (χ3v) is 2.09. The molecular formula is C10H16N2O3. The average Bonchev–Trinajstić information content (AvgIpc) is 2.25. The lowest BCUT2D eigenvalue weighted by Crippen LogP contribution is -2.36. The summed E-state index contributed by atoms with van der Waals surface area (Å²) in [7, 11) is 2.87. The van der Waals surface area contributed by atoms with Crippen LogP contribution < -0.4 is 0 Å². The maximum Gasteiger partial charge on any atom is 0.310 e. The SMILES string of the molecule is COC(=O)C(C)CN(C)C(=O)C(C)C#N. The third kappa shape index (κ3) is 3.98. The Morgan fingerprint density at radius 1 is 1.47 bits per heavy atom. The number of carbonyl (C=O) groups excluding carboxylic acids is 2. The normalized spacial score (nSPS) is 13.5. The molecule has 0 bridgehead atoms. The van der Waals surface area contributed by atoms with Gasteiger partial charge in [-0.05, 0) is 6.92 Å². The molecule has 0 aromatic carbocycles. The molecular weight excluding hydrogens is 196 g/mol. The van der Waals surface area contributed by atoms with Crippen LogP contribution >= 0.6 is 0 Å². The molecule has 0 aliphatic heterocycles. The van der Waals surface area contributed by atoms with Gasteiger partial charge in [0.05, 0.1) is 19.1 Å². The van der Waals surface area contributed by atoms with E-state index >= 15 is 0 Å². The molecule has 0 aromatic heterocycles. The van der Waals surface area contributed by atoms with E-state index in [4.69, 9.17) is 5.26 Å². The van der Waals surface area contributed by atoms with E-state index in [9.17, 15) is 9.59 Å². The van der Waals surface area contributed by atoms with Crippen LogP contribution in [0.15, 0.2) is 0 Å². The van der Waals surface area contributed by atoms with Gasteiger partial charge in [0.25, 0.3) is 0 Å². The molecule has 15 heavy (non-hydrogen) atoms. The molecule has 5 nitrogen and oxygen atoms in total. The molecule has 0 saturated heterocycles. The van der Waals surface area contributed by atoms with Crippen LogP contribution in [0.4, 0.5) is 0 Å². The molecule has 0 radical (unpaired) electrons. The van der Waals surface area contributed by atoms with E-state index in [-0.39, 0.29) is 24.3 Å². The van der Waals surface area contributed by atoms with Gasteiger partial charge in [-0.3, -0.25) is 9.59 Å². The average molecular weight is 212 g/mol. The van der Waals surface area contributed by atoms with Crippen molar-refractivity contribution in [2.75, 3.05) is 20.7 Å². The molecule has 0 rings (SSSR count). The second-order valence-electron chi connectivity index (χ2n) is 3.49. The van der Waals surface area contributed by atoms with E-state index < -0.39 is 5.92 Å². The summed E-state index contributed by atoms with van der Waals surface area (Å²) in [6.45, 7) is 3.46. The third-order valence-electron chi connectivity index (χ3n) is 2.09. The van der Waals surface area contributed by atoms with Crippen molar-refractivity contribution in [2.24, 2.45) is 11.8 Å². The molecule has 84 valence electrons. The van der Waals surface area contributed by atoms with Gasteiger partial charge < -0.3 is 9.64 Å². The topological polar surface area (TPSA) is 70.4 Å². The first-order valence-electron chi connectivity index (χ1n) is 4.66. The van der Waals surface area contributed by atoms with E-state index in [1.807, 2.05) is 6.07 Å². The lowest BCUT2D eigenvalue weighted by atomic mass is 10.1. The Morgan fingerprint density at radius 2 is 2.00 bits per heavy atom. The molecule has 0 N–H and O–H groups in total. The van der Waals surface area contributed by atoms with Crippen molar-refractivity contribution in [1.82, 2.24) is 4.90 Å². The van der Waals surface area contributed by atoms with E-state index in [2.05, 4.69) is 4.74 Å².